The van der Waals surface area contributed by atoms with Crippen LogP contribution in [0, 0.1) is 0 Å². The van der Waals surface area contributed by atoms with E-state index in [0.29, 0.717) is 19.7 Å². The second kappa shape index (κ2) is 9.07. The first kappa shape index (κ1) is 17.3. The molecule has 0 aliphatic carbocycles. The van der Waals surface area contributed by atoms with Gasteiger partial charge < -0.3 is 10.1 Å². The minimum atomic E-state index is -0.391. The Balaban J connectivity index is 1.36. The summed E-state index contributed by atoms with van der Waals surface area (Å²) in [5.41, 5.74) is 12.7. The Morgan fingerprint density at radius 1 is 1.25 bits per heavy atom. The van der Waals surface area contributed by atoms with Gasteiger partial charge in [-0.3, -0.25) is 9.69 Å². The number of carbonyl (C=O) groups is 1. The summed E-state index contributed by atoms with van der Waals surface area (Å²) in [6.07, 6.45) is 1.72. The highest BCUT2D eigenvalue weighted by Gasteiger charge is 2.27. The third kappa shape index (κ3) is 5.23. The highest BCUT2D eigenvalue weighted by atomic mass is 16.5. The van der Waals surface area contributed by atoms with Gasteiger partial charge in [0.1, 0.15) is 12.3 Å². The number of benzene rings is 1. The molecule has 0 radical (unpaired) electrons. The predicted octanol–water partition coefficient (Wildman–Crippen LogP) is -1.12. The highest BCUT2D eigenvalue weighted by molar-refractivity contribution is 5.81. The van der Waals surface area contributed by atoms with Crippen molar-refractivity contribution in [3.05, 3.63) is 35.9 Å². The van der Waals surface area contributed by atoms with Crippen molar-refractivity contribution in [2.24, 2.45) is 0 Å². The number of carbonyl (C=O) groups excluding carboxylic acids is 1. The van der Waals surface area contributed by atoms with Crippen molar-refractivity contribution in [3.8, 4) is 0 Å². The molecular formula is C16H26N6O2. The Morgan fingerprint density at radius 2 is 2.04 bits per heavy atom. The largest absolute Gasteiger partial charge is 0.366 e. The molecule has 0 saturated carbocycles. The van der Waals surface area contributed by atoms with Crippen LogP contribution in [0.15, 0.2) is 30.3 Å². The van der Waals surface area contributed by atoms with E-state index in [1.54, 1.807) is 0 Å². The van der Waals surface area contributed by atoms with E-state index in [2.05, 4.69) is 56.4 Å². The van der Waals surface area contributed by atoms with Crippen LogP contribution in [0.3, 0.4) is 0 Å². The molecule has 2 aliphatic heterocycles. The maximum Gasteiger partial charge on any atom is 0.250 e. The quantitative estimate of drug-likeness (QED) is 0.432. The highest BCUT2D eigenvalue weighted by Crippen LogP contribution is 2.08. The molecule has 8 heteroatoms. The molecule has 5 N–H and O–H groups in total. The van der Waals surface area contributed by atoms with Gasteiger partial charge in [0.15, 0.2) is 0 Å². The fraction of sp³-hybridized carbons (Fsp3) is 0.562. The number of nitrogens with one attached hydrogen (secondary N) is 5. The Hall–Kier alpha value is -1.55. The van der Waals surface area contributed by atoms with Crippen molar-refractivity contribution in [3.63, 3.8) is 0 Å². The molecule has 0 bridgehead atoms. The fourth-order valence-electron chi connectivity index (χ4n) is 2.92. The molecule has 1 amide bonds. The first-order chi connectivity index (χ1) is 11.8. The van der Waals surface area contributed by atoms with Crippen LogP contribution in [0.25, 0.3) is 0 Å². The van der Waals surface area contributed by atoms with Crippen molar-refractivity contribution in [2.45, 2.75) is 25.1 Å². The average molecular weight is 334 g/mol. The van der Waals surface area contributed by atoms with Crippen LogP contribution >= 0.6 is 0 Å². The summed E-state index contributed by atoms with van der Waals surface area (Å²) in [7, 11) is 0. The van der Waals surface area contributed by atoms with E-state index in [4.69, 9.17) is 4.74 Å². The first-order valence-corrected chi connectivity index (χ1v) is 8.48. The normalized spacial score (nSPS) is 22.6. The van der Waals surface area contributed by atoms with Gasteiger partial charge in [0.25, 0.3) is 5.91 Å². The zero-order chi connectivity index (χ0) is 16.6. The van der Waals surface area contributed by atoms with Crippen molar-refractivity contribution in [1.29, 1.82) is 0 Å². The maximum atomic E-state index is 12.2. The molecular weight excluding hydrogens is 308 g/mol. The van der Waals surface area contributed by atoms with Crippen molar-refractivity contribution < 1.29 is 9.53 Å². The molecule has 2 fully saturated rings. The summed E-state index contributed by atoms with van der Waals surface area (Å²) < 4.78 is 5.62. The van der Waals surface area contributed by atoms with E-state index >= 15 is 0 Å². The second-order valence-corrected chi connectivity index (χ2v) is 6.09. The molecule has 8 nitrogen and oxygen atoms in total. The molecule has 1 aromatic rings. The van der Waals surface area contributed by atoms with Crippen LogP contribution in [0.2, 0.25) is 0 Å². The summed E-state index contributed by atoms with van der Waals surface area (Å²) >= 11 is 0. The van der Waals surface area contributed by atoms with Crippen molar-refractivity contribution >= 4 is 5.91 Å². The van der Waals surface area contributed by atoms with Crippen LogP contribution < -0.4 is 27.2 Å². The maximum absolute atomic E-state index is 12.2. The van der Waals surface area contributed by atoms with Crippen LogP contribution in [0.4, 0.5) is 0 Å². The molecule has 3 rings (SSSR count). The minimum Gasteiger partial charge on any atom is -0.366 e. The van der Waals surface area contributed by atoms with Gasteiger partial charge in [-0.1, -0.05) is 30.3 Å². The van der Waals surface area contributed by atoms with Crippen LogP contribution in [0.1, 0.15) is 12.0 Å². The summed E-state index contributed by atoms with van der Waals surface area (Å²) in [6.45, 7) is 3.61. The SMILES string of the molecule is O=C(NCC1NNNN1)C1CN(CCCc2ccccc2)CCO1. The Labute approximate surface area is 142 Å². The smallest absolute Gasteiger partial charge is 0.250 e. The van der Waals surface area contributed by atoms with Crippen molar-refractivity contribution in [1.82, 2.24) is 32.1 Å². The van der Waals surface area contributed by atoms with E-state index in [1.165, 1.54) is 5.56 Å². The number of morpholine rings is 1. The number of hydrogen-bond donors (Lipinski definition) is 5. The zero-order valence-electron chi connectivity index (χ0n) is 13.8. The standard InChI is InChI=1S/C16H26N6O2/c23-16(17-11-15-18-20-21-19-15)14-12-22(9-10-24-14)8-4-7-13-5-2-1-3-6-13/h1-3,5-6,14-15,18-21H,4,7-12H2,(H,17,23). The van der Waals surface area contributed by atoms with Crippen LogP contribution in [0.5, 0.6) is 0 Å². The molecule has 1 aromatic carbocycles. The van der Waals surface area contributed by atoms with Gasteiger partial charge in [-0.2, -0.15) is 11.1 Å². The second-order valence-electron chi connectivity index (χ2n) is 6.09. The van der Waals surface area contributed by atoms with Crippen LogP contribution in [-0.2, 0) is 16.0 Å². The van der Waals surface area contributed by atoms with Gasteiger partial charge in [0.05, 0.1) is 6.61 Å². The summed E-state index contributed by atoms with van der Waals surface area (Å²) in [6, 6.07) is 10.5. The van der Waals surface area contributed by atoms with Gasteiger partial charge in [0.2, 0.25) is 0 Å². The average Bonchev–Trinajstić information content (AvgIpc) is 3.14. The number of amides is 1. The monoisotopic (exact) mass is 334 g/mol. The number of aryl methyl sites for hydroxylation is 1. The summed E-state index contributed by atoms with van der Waals surface area (Å²) in [4.78, 5) is 14.5. The van der Waals surface area contributed by atoms with Crippen LogP contribution in [-0.4, -0.2) is 55.9 Å². The number of nitrogens with zero attached hydrogens (tertiary/aromatic N) is 1. The Kier molecular flexibility index (Phi) is 6.53. The lowest BCUT2D eigenvalue weighted by atomic mass is 10.1. The molecule has 24 heavy (non-hydrogen) atoms. The Bertz CT molecular complexity index is 509. The number of rotatable bonds is 7. The molecule has 2 aliphatic rings. The lowest BCUT2D eigenvalue weighted by Gasteiger charge is -2.32. The molecule has 2 heterocycles. The minimum absolute atomic E-state index is 0.0421. The van der Waals surface area contributed by atoms with E-state index in [-0.39, 0.29) is 12.1 Å². The van der Waals surface area contributed by atoms with E-state index in [9.17, 15) is 4.79 Å². The Morgan fingerprint density at radius 3 is 2.83 bits per heavy atom. The van der Waals surface area contributed by atoms with Gasteiger partial charge in [0, 0.05) is 19.6 Å². The molecule has 0 spiro atoms. The summed E-state index contributed by atoms with van der Waals surface area (Å²) in [5.74, 6) is -0.0572. The first-order valence-electron chi connectivity index (χ1n) is 8.48. The molecule has 1 unspecified atom stereocenters. The predicted molar refractivity (Wildman–Crippen MR) is 90.3 cm³/mol. The van der Waals surface area contributed by atoms with Gasteiger partial charge in [-0.15, -0.1) is 0 Å². The number of ether oxygens (including phenoxy) is 1. The third-order valence-electron chi connectivity index (χ3n) is 4.26. The van der Waals surface area contributed by atoms with Gasteiger partial charge >= 0.3 is 0 Å². The zero-order valence-corrected chi connectivity index (χ0v) is 13.8. The molecule has 2 saturated heterocycles. The topological polar surface area (TPSA) is 89.7 Å². The van der Waals surface area contributed by atoms with Crippen molar-refractivity contribution in [2.75, 3.05) is 32.8 Å². The van der Waals surface area contributed by atoms with E-state index < -0.39 is 6.10 Å². The lowest BCUT2D eigenvalue weighted by molar-refractivity contribution is -0.138. The number of hydrazine groups is 3. The van der Waals surface area contributed by atoms with E-state index in [0.717, 1.165) is 25.9 Å². The van der Waals surface area contributed by atoms with E-state index in [1.807, 2.05) is 6.07 Å². The number of hydrogen-bond acceptors (Lipinski definition) is 7. The molecule has 1 atom stereocenters. The fourth-order valence-corrected chi connectivity index (χ4v) is 2.92. The van der Waals surface area contributed by atoms with Gasteiger partial charge in [-0.25, -0.2) is 10.9 Å². The molecule has 0 aromatic heterocycles. The molecule has 132 valence electrons. The third-order valence-corrected chi connectivity index (χ3v) is 4.26. The van der Waals surface area contributed by atoms with Gasteiger partial charge in [-0.05, 0) is 24.9 Å². The lowest BCUT2D eigenvalue weighted by Crippen LogP contribution is -2.53. The summed E-state index contributed by atoms with van der Waals surface area (Å²) in [5, 5.41) is 2.90.